The molecule has 0 heteroatoms. The highest BCUT2D eigenvalue weighted by molar-refractivity contribution is 5.65. The van der Waals surface area contributed by atoms with Gasteiger partial charge in [0.15, 0.2) is 0 Å². The molecule has 0 amide bonds. The predicted octanol–water partition coefficient (Wildman–Crippen LogP) is 5.74. The molecule has 0 N–H and O–H groups in total. The van der Waals surface area contributed by atoms with Crippen molar-refractivity contribution < 1.29 is 0 Å². The van der Waals surface area contributed by atoms with Gasteiger partial charge in [-0.1, -0.05) is 85.0 Å². The van der Waals surface area contributed by atoms with E-state index in [4.69, 9.17) is 0 Å². The molecule has 2 aromatic carbocycles. The Balaban J connectivity index is 1.49. The molecule has 0 spiro atoms. The summed E-state index contributed by atoms with van der Waals surface area (Å²) in [6.45, 7) is 0. The SMILES string of the molecule is C1=C[C@@H]2C(C3=C[C@@H]4C=C[C@H]3c3ccccc34)=C[C@H]1c1ccccc12. The van der Waals surface area contributed by atoms with Gasteiger partial charge in [0.25, 0.3) is 0 Å². The van der Waals surface area contributed by atoms with E-state index in [9.17, 15) is 0 Å². The van der Waals surface area contributed by atoms with Gasteiger partial charge < -0.3 is 0 Å². The van der Waals surface area contributed by atoms with E-state index in [1.54, 1.807) is 0 Å². The summed E-state index contributed by atoms with van der Waals surface area (Å²) >= 11 is 0. The van der Waals surface area contributed by atoms with Crippen LogP contribution in [0, 0.1) is 0 Å². The molecule has 4 bridgehead atoms. The molecular formula is C24H18. The molecule has 0 saturated heterocycles. The van der Waals surface area contributed by atoms with Crippen LogP contribution in [0.5, 0.6) is 0 Å². The lowest BCUT2D eigenvalue weighted by Crippen LogP contribution is -2.24. The van der Waals surface area contributed by atoms with Crippen LogP contribution in [0.15, 0.2) is 96.1 Å². The number of hydrogen-bond acceptors (Lipinski definition) is 0. The normalized spacial score (nSPS) is 30.7. The lowest BCUT2D eigenvalue weighted by Gasteiger charge is -2.40. The zero-order chi connectivity index (χ0) is 15.7. The van der Waals surface area contributed by atoms with Gasteiger partial charge in [0.1, 0.15) is 0 Å². The topological polar surface area (TPSA) is 0 Å². The molecule has 0 unspecified atom stereocenters. The molecule has 6 aliphatic rings. The first kappa shape index (κ1) is 12.8. The minimum atomic E-state index is 0.428. The van der Waals surface area contributed by atoms with E-state index >= 15 is 0 Å². The van der Waals surface area contributed by atoms with Crippen molar-refractivity contribution in [1.82, 2.24) is 0 Å². The second kappa shape index (κ2) is 4.48. The molecule has 4 atom stereocenters. The fourth-order valence-electron chi connectivity index (χ4n) is 5.05. The van der Waals surface area contributed by atoms with Crippen LogP contribution in [-0.4, -0.2) is 0 Å². The molecular weight excluding hydrogens is 288 g/mol. The van der Waals surface area contributed by atoms with Gasteiger partial charge in [-0.2, -0.15) is 0 Å². The van der Waals surface area contributed by atoms with Crippen molar-refractivity contribution in [2.45, 2.75) is 23.7 Å². The molecule has 24 heavy (non-hydrogen) atoms. The van der Waals surface area contributed by atoms with E-state index < -0.39 is 0 Å². The maximum absolute atomic E-state index is 2.51. The molecule has 8 rings (SSSR count). The zero-order valence-electron chi connectivity index (χ0n) is 13.4. The fraction of sp³-hybridized carbons (Fsp3) is 0.167. The molecule has 0 aliphatic heterocycles. The summed E-state index contributed by atoms with van der Waals surface area (Å²) in [5, 5.41) is 0. The van der Waals surface area contributed by atoms with Crippen molar-refractivity contribution in [2.24, 2.45) is 0 Å². The average Bonchev–Trinajstić information content (AvgIpc) is 2.69. The van der Waals surface area contributed by atoms with Crippen molar-refractivity contribution in [3.05, 3.63) is 118 Å². The largest absolute Gasteiger partial charge is 0.0763 e. The third-order valence-corrected chi connectivity index (χ3v) is 6.12. The van der Waals surface area contributed by atoms with E-state index in [2.05, 4.69) is 85.0 Å². The molecule has 0 heterocycles. The van der Waals surface area contributed by atoms with Crippen molar-refractivity contribution in [3.63, 3.8) is 0 Å². The van der Waals surface area contributed by atoms with Gasteiger partial charge in [0.05, 0.1) is 0 Å². The smallest absolute Gasteiger partial charge is 0.0273 e. The average molecular weight is 306 g/mol. The van der Waals surface area contributed by atoms with Crippen LogP contribution in [0.4, 0.5) is 0 Å². The highest BCUT2D eigenvalue weighted by Crippen LogP contribution is 2.53. The monoisotopic (exact) mass is 306 g/mol. The predicted molar refractivity (Wildman–Crippen MR) is 98.3 cm³/mol. The maximum Gasteiger partial charge on any atom is 0.0273 e. The number of allylic oxidation sites excluding steroid dienone is 8. The standard InChI is InChI=1S/C24H18/c1-3-7-19-17(5-1)15-9-11-21(19)23(13-15)24-14-16-10-12-22(24)20-8-4-2-6-18(16)20/h1-16,21-22H/t15-,16-,21-,22-/m0/s1. The second-order valence-electron chi connectivity index (χ2n) is 7.28. The summed E-state index contributed by atoms with van der Waals surface area (Å²) in [6.07, 6.45) is 14.6. The third-order valence-electron chi connectivity index (χ3n) is 6.12. The lowest BCUT2D eigenvalue weighted by atomic mass is 9.64. The minimum absolute atomic E-state index is 0.428. The molecule has 0 radical (unpaired) electrons. The summed E-state index contributed by atoms with van der Waals surface area (Å²) < 4.78 is 0. The Bertz CT molecular complexity index is 901. The summed E-state index contributed by atoms with van der Waals surface area (Å²) in [4.78, 5) is 0. The molecule has 6 aliphatic carbocycles. The van der Waals surface area contributed by atoms with E-state index in [0.29, 0.717) is 23.7 Å². The summed E-state index contributed by atoms with van der Waals surface area (Å²) in [6, 6.07) is 17.9. The Hall–Kier alpha value is -2.60. The van der Waals surface area contributed by atoms with Gasteiger partial charge >= 0.3 is 0 Å². The lowest BCUT2D eigenvalue weighted by molar-refractivity contribution is 0.771. The van der Waals surface area contributed by atoms with Crippen LogP contribution in [0.2, 0.25) is 0 Å². The van der Waals surface area contributed by atoms with Gasteiger partial charge in [0, 0.05) is 23.7 Å². The molecule has 0 aromatic heterocycles. The zero-order valence-corrected chi connectivity index (χ0v) is 13.4. The Kier molecular flexibility index (Phi) is 2.38. The van der Waals surface area contributed by atoms with Crippen molar-refractivity contribution in [3.8, 4) is 0 Å². The van der Waals surface area contributed by atoms with Gasteiger partial charge in [-0.3, -0.25) is 0 Å². The first-order valence-corrected chi connectivity index (χ1v) is 8.88. The van der Waals surface area contributed by atoms with E-state index in [0.717, 1.165) is 0 Å². The van der Waals surface area contributed by atoms with Crippen molar-refractivity contribution in [2.75, 3.05) is 0 Å². The van der Waals surface area contributed by atoms with E-state index in [1.165, 1.54) is 33.4 Å². The molecule has 0 fully saturated rings. The quantitative estimate of drug-likeness (QED) is 0.589. The highest BCUT2D eigenvalue weighted by Gasteiger charge is 2.37. The number of fused-ring (bicyclic) bond motifs is 1. The Morgan fingerprint density at radius 3 is 1.33 bits per heavy atom. The molecule has 0 saturated carbocycles. The second-order valence-corrected chi connectivity index (χ2v) is 7.28. The summed E-state index contributed by atoms with van der Waals surface area (Å²) in [5.41, 5.74) is 9.06. The molecule has 2 aromatic rings. The number of hydrogen-bond donors (Lipinski definition) is 0. The van der Waals surface area contributed by atoms with E-state index in [-0.39, 0.29) is 0 Å². The van der Waals surface area contributed by atoms with Gasteiger partial charge in [-0.15, -0.1) is 0 Å². The fourth-order valence-corrected chi connectivity index (χ4v) is 5.05. The Labute approximate surface area is 142 Å². The Morgan fingerprint density at radius 1 is 0.458 bits per heavy atom. The van der Waals surface area contributed by atoms with Gasteiger partial charge in [-0.25, -0.2) is 0 Å². The number of rotatable bonds is 1. The highest BCUT2D eigenvalue weighted by atomic mass is 14.4. The van der Waals surface area contributed by atoms with Crippen LogP contribution in [0.1, 0.15) is 45.9 Å². The van der Waals surface area contributed by atoms with Crippen LogP contribution in [0.25, 0.3) is 0 Å². The van der Waals surface area contributed by atoms with Crippen LogP contribution in [0.3, 0.4) is 0 Å². The van der Waals surface area contributed by atoms with Crippen molar-refractivity contribution in [1.29, 1.82) is 0 Å². The van der Waals surface area contributed by atoms with Crippen molar-refractivity contribution >= 4 is 0 Å². The minimum Gasteiger partial charge on any atom is -0.0763 e. The third kappa shape index (κ3) is 1.54. The van der Waals surface area contributed by atoms with Crippen LogP contribution >= 0.6 is 0 Å². The molecule has 114 valence electrons. The number of benzene rings is 2. The van der Waals surface area contributed by atoms with Crippen LogP contribution < -0.4 is 0 Å². The van der Waals surface area contributed by atoms with Gasteiger partial charge in [-0.05, 0) is 33.4 Å². The molecule has 0 nitrogen and oxygen atoms in total. The van der Waals surface area contributed by atoms with E-state index in [1.807, 2.05) is 0 Å². The van der Waals surface area contributed by atoms with Crippen LogP contribution in [-0.2, 0) is 0 Å². The summed E-state index contributed by atoms with van der Waals surface area (Å²) in [7, 11) is 0. The van der Waals surface area contributed by atoms with Gasteiger partial charge in [0.2, 0.25) is 0 Å². The maximum atomic E-state index is 2.51. The first-order chi connectivity index (χ1) is 11.9. The Morgan fingerprint density at radius 2 is 0.875 bits per heavy atom. The summed E-state index contributed by atoms with van der Waals surface area (Å²) in [5.74, 6) is 1.75. The first-order valence-electron chi connectivity index (χ1n) is 8.88.